The van der Waals surface area contributed by atoms with Crippen molar-refractivity contribution >= 4 is 0 Å². The second-order valence-electron chi connectivity index (χ2n) is 7.20. The summed E-state index contributed by atoms with van der Waals surface area (Å²) in [6.45, 7) is 6.74. The minimum absolute atomic E-state index is 0.187. The quantitative estimate of drug-likeness (QED) is 0.876. The molecule has 0 aliphatic heterocycles. The van der Waals surface area contributed by atoms with Crippen LogP contribution in [0.15, 0.2) is 18.2 Å². The van der Waals surface area contributed by atoms with Crippen molar-refractivity contribution in [3.8, 4) is 0 Å². The average molecular weight is 289 g/mol. The van der Waals surface area contributed by atoms with E-state index in [1.165, 1.54) is 43.2 Å². The van der Waals surface area contributed by atoms with Crippen molar-refractivity contribution in [2.75, 3.05) is 6.54 Å². The summed E-state index contributed by atoms with van der Waals surface area (Å²) in [6.07, 6.45) is 8.28. The molecule has 1 aromatic carbocycles. The van der Waals surface area contributed by atoms with E-state index in [2.05, 4.69) is 32.0 Å². The van der Waals surface area contributed by atoms with E-state index in [0.29, 0.717) is 6.54 Å². The Morgan fingerprint density at radius 2 is 1.48 bits per heavy atom. The summed E-state index contributed by atoms with van der Waals surface area (Å²) < 4.78 is 0. The minimum atomic E-state index is -0.851. The molecule has 2 heteroatoms. The fourth-order valence-corrected chi connectivity index (χ4v) is 4.03. The van der Waals surface area contributed by atoms with Crippen LogP contribution in [0.4, 0.5) is 0 Å². The molecule has 0 saturated heterocycles. The molecule has 0 aromatic heterocycles. The third kappa shape index (κ3) is 3.32. The molecule has 1 aliphatic rings. The summed E-state index contributed by atoms with van der Waals surface area (Å²) in [5, 5.41) is 11.4. The number of aryl methyl sites for hydroxylation is 2. The van der Waals surface area contributed by atoms with E-state index in [4.69, 9.17) is 5.73 Å². The van der Waals surface area contributed by atoms with E-state index in [1.54, 1.807) is 0 Å². The number of hydrogen-bond donors (Lipinski definition) is 2. The van der Waals surface area contributed by atoms with Crippen LogP contribution in [0.1, 0.15) is 68.6 Å². The summed E-state index contributed by atoms with van der Waals surface area (Å²) in [6, 6.07) is 6.42. The second kappa shape index (κ2) is 6.50. The van der Waals surface area contributed by atoms with Crippen molar-refractivity contribution in [3.05, 3.63) is 34.9 Å². The molecule has 0 bridgehead atoms. The van der Waals surface area contributed by atoms with Gasteiger partial charge in [-0.2, -0.15) is 0 Å². The standard InChI is InChI=1S/C19H31NO/c1-15-11-16(2)13-17(12-15)18(3,21)19(14-20)9-7-5-4-6-8-10-19/h11-13,21H,4-10,14,20H2,1-3H3. The topological polar surface area (TPSA) is 46.2 Å². The van der Waals surface area contributed by atoms with E-state index in [0.717, 1.165) is 18.4 Å². The fraction of sp³-hybridized carbons (Fsp3) is 0.684. The third-order valence-electron chi connectivity index (χ3n) is 5.52. The predicted molar refractivity (Wildman–Crippen MR) is 89.3 cm³/mol. The zero-order valence-corrected chi connectivity index (χ0v) is 13.9. The second-order valence-corrected chi connectivity index (χ2v) is 7.20. The molecule has 0 amide bonds. The maximum atomic E-state index is 11.4. The number of rotatable bonds is 3. The van der Waals surface area contributed by atoms with Gasteiger partial charge in [-0.3, -0.25) is 0 Å². The van der Waals surface area contributed by atoms with Gasteiger partial charge in [-0.25, -0.2) is 0 Å². The van der Waals surface area contributed by atoms with Crippen LogP contribution >= 0.6 is 0 Å². The van der Waals surface area contributed by atoms with Gasteiger partial charge in [0.25, 0.3) is 0 Å². The van der Waals surface area contributed by atoms with E-state index in [-0.39, 0.29) is 5.41 Å². The molecule has 2 nitrogen and oxygen atoms in total. The third-order valence-corrected chi connectivity index (χ3v) is 5.52. The van der Waals surface area contributed by atoms with Crippen LogP contribution in [-0.4, -0.2) is 11.7 Å². The molecule has 1 unspecified atom stereocenters. The van der Waals surface area contributed by atoms with Crippen LogP contribution < -0.4 is 5.73 Å². The average Bonchev–Trinajstić information content (AvgIpc) is 2.37. The van der Waals surface area contributed by atoms with Gasteiger partial charge >= 0.3 is 0 Å². The molecule has 1 aliphatic carbocycles. The summed E-state index contributed by atoms with van der Waals surface area (Å²) in [5.74, 6) is 0. The highest BCUT2D eigenvalue weighted by Crippen LogP contribution is 2.48. The Morgan fingerprint density at radius 3 is 1.95 bits per heavy atom. The normalized spacial score (nSPS) is 22.1. The molecule has 1 fully saturated rings. The van der Waals surface area contributed by atoms with Crippen molar-refractivity contribution in [1.82, 2.24) is 0 Å². The summed E-state index contributed by atoms with van der Waals surface area (Å²) in [4.78, 5) is 0. The van der Waals surface area contributed by atoms with Gasteiger partial charge in [0.1, 0.15) is 0 Å². The van der Waals surface area contributed by atoms with Gasteiger partial charge in [0.15, 0.2) is 0 Å². The van der Waals surface area contributed by atoms with E-state index < -0.39 is 5.60 Å². The zero-order valence-electron chi connectivity index (χ0n) is 13.9. The minimum Gasteiger partial charge on any atom is -0.385 e. The number of benzene rings is 1. The molecule has 3 N–H and O–H groups in total. The van der Waals surface area contributed by atoms with Gasteiger partial charge < -0.3 is 10.8 Å². The molecule has 21 heavy (non-hydrogen) atoms. The Hall–Kier alpha value is -0.860. The molecule has 1 aromatic rings. The van der Waals surface area contributed by atoms with Gasteiger partial charge in [-0.1, -0.05) is 61.4 Å². The molecule has 118 valence electrons. The lowest BCUT2D eigenvalue weighted by atomic mass is 9.63. The lowest BCUT2D eigenvalue weighted by Crippen LogP contribution is -2.49. The highest BCUT2D eigenvalue weighted by molar-refractivity contribution is 5.34. The Balaban J connectivity index is 2.41. The van der Waals surface area contributed by atoms with Gasteiger partial charge in [0.05, 0.1) is 5.60 Å². The number of aliphatic hydroxyl groups is 1. The largest absolute Gasteiger partial charge is 0.385 e. The Kier molecular flexibility index (Phi) is 5.11. The number of hydrogen-bond acceptors (Lipinski definition) is 2. The molecule has 2 rings (SSSR count). The van der Waals surface area contributed by atoms with E-state index >= 15 is 0 Å². The Labute approximate surface area is 129 Å². The highest BCUT2D eigenvalue weighted by Gasteiger charge is 2.46. The van der Waals surface area contributed by atoms with E-state index in [9.17, 15) is 5.11 Å². The molecule has 0 heterocycles. The lowest BCUT2D eigenvalue weighted by molar-refractivity contribution is -0.0864. The number of nitrogens with two attached hydrogens (primary N) is 1. The van der Waals surface area contributed by atoms with Crippen LogP contribution in [0.25, 0.3) is 0 Å². The molecule has 0 radical (unpaired) electrons. The first kappa shape index (κ1) is 16.5. The summed E-state index contributed by atoms with van der Waals surface area (Å²) in [7, 11) is 0. The van der Waals surface area contributed by atoms with Gasteiger partial charge in [-0.15, -0.1) is 0 Å². The zero-order chi connectivity index (χ0) is 15.5. The van der Waals surface area contributed by atoms with Crippen molar-refractivity contribution < 1.29 is 5.11 Å². The van der Waals surface area contributed by atoms with Gasteiger partial charge in [-0.05, 0) is 39.2 Å². The van der Waals surface area contributed by atoms with Crippen molar-refractivity contribution in [3.63, 3.8) is 0 Å². The van der Waals surface area contributed by atoms with Crippen LogP contribution in [-0.2, 0) is 5.60 Å². The van der Waals surface area contributed by atoms with Gasteiger partial charge in [0, 0.05) is 12.0 Å². The molecular formula is C19H31NO. The smallest absolute Gasteiger partial charge is 0.0936 e. The monoisotopic (exact) mass is 289 g/mol. The maximum absolute atomic E-state index is 11.4. The predicted octanol–water partition coefficient (Wildman–Crippen LogP) is 4.20. The molecule has 1 atom stereocenters. The highest BCUT2D eigenvalue weighted by atomic mass is 16.3. The first-order valence-corrected chi connectivity index (χ1v) is 8.42. The summed E-state index contributed by atoms with van der Waals surface area (Å²) in [5.41, 5.74) is 8.62. The lowest BCUT2D eigenvalue weighted by Gasteiger charge is -2.46. The van der Waals surface area contributed by atoms with Crippen molar-refractivity contribution in [2.24, 2.45) is 11.1 Å². The summed E-state index contributed by atoms with van der Waals surface area (Å²) >= 11 is 0. The van der Waals surface area contributed by atoms with E-state index in [1.807, 2.05) is 6.92 Å². The van der Waals surface area contributed by atoms with Crippen LogP contribution in [0.3, 0.4) is 0 Å². The first-order chi connectivity index (χ1) is 9.91. The first-order valence-electron chi connectivity index (χ1n) is 8.42. The molecule has 1 saturated carbocycles. The van der Waals surface area contributed by atoms with Crippen LogP contribution in [0.5, 0.6) is 0 Å². The maximum Gasteiger partial charge on any atom is 0.0936 e. The SMILES string of the molecule is Cc1cc(C)cc(C(C)(O)C2(CN)CCCCCCC2)c1. The Morgan fingerprint density at radius 1 is 1.00 bits per heavy atom. The molecular weight excluding hydrogens is 258 g/mol. The van der Waals surface area contributed by atoms with Crippen molar-refractivity contribution in [1.29, 1.82) is 0 Å². The molecule has 0 spiro atoms. The Bertz CT molecular complexity index is 450. The van der Waals surface area contributed by atoms with Crippen molar-refractivity contribution in [2.45, 2.75) is 71.3 Å². The van der Waals surface area contributed by atoms with Crippen LogP contribution in [0, 0.1) is 19.3 Å². The van der Waals surface area contributed by atoms with Crippen LogP contribution in [0.2, 0.25) is 0 Å². The van der Waals surface area contributed by atoms with Gasteiger partial charge in [0.2, 0.25) is 0 Å². The fourth-order valence-electron chi connectivity index (χ4n) is 4.03.